The molecule has 1 fully saturated rings. The van der Waals surface area contributed by atoms with Gasteiger partial charge in [0.15, 0.2) is 0 Å². The highest BCUT2D eigenvalue weighted by Gasteiger charge is 2.22. The summed E-state index contributed by atoms with van der Waals surface area (Å²) in [5, 5.41) is 5.83. The molecule has 27 heavy (non-hydrogen) atoms. The van der Waals surface area contributed by atoms with Crippen molar-refractivity contribution in [3.05, 3.63) is 54.1 Å². The van der Waals surface area contributed by atoms with Crippen molar-refractivity contribution < 1.29 is 14.3 Å². The zero-order valence-corrected chi connectivity index (χ0v) is 15.7. The van der Waals surface area contributed by atoms with Crippen LogP contribution < -0.4 is 15.4 Å². The first-order chi connectivity index (χ1) is 13.2. The molecule has 0 saturated heterocycles. The number of hydrogen-bond donors (Lipinski definition) is 2. The normalized spacial score (nSPS) is 14.4. The third kappa shape index (κ3) is 5.09. The Labute approximate surface area is 160 Å². The summed E-state index contributed by atoms with van der Waals surface area (Å²) >= 11 is 0. The smallest absolute Gasteiger partial charge is 0.257 e. The maximum Gasteiger partial charge on any atom is 0.257 e. The minimum Gasteiger partial charge on any atom is -0.494 e. The van der Waals surface area contributed by atoms with Gasteiger partial charge < -0.3 is 15.4 Å². The number of rotatable bonds is 6. The molecule has 5 heteroatoms. The minimum atomic E-state index is -0.251. The molecule has 3 rings (SSSR count). The van der Waals surface area contributed by atoms with Gasteiger partial charge in [-0.3, -0.25) is 9.59 Å². The molecule has 1 saturated carbocycles. The maximum atomic E-state index is 12.7. The van der Waals surface area contributed by atoms with E-state index in [2.05, 4.69) is 10.6 Å². The van der Waals surface area contributed by atoms with E-state index in [0.717, 1.165) is 31.4 Å². The summed E-state index contributed by atoms with van der Waals surface area (Å²) in [6.45, 7) is 2.52. The van der Waals surface area contributed by atoms with Crippen molar-refractivity contribution >= 4 is 23.2 Å². The molecule has 2 aromatic rings. The van der Waals surface area contributed by atoms with E-state index < -0.39 is 0 Å². The van der Waals surface area contributed by atoms with Crippen molar-refractivity contribution in [2.24, 2.45) is 5.92 Å². The van der Waals surface area contributed by atoms with Gasteiger partial charge >= 0.3 is 0 Å². The van der Waals surface area contributed by atoms with Crippen molar-refractivity contribution in [2.45, 2.75) is 39.0 Å². The quantitative estimate of drug-likeness (QED) is 0.767. The van der Waals surface area contributed by atoms with Crippen LogP contribution in [0.5, 0.6) is 5.75 Å². The van der Waals surface area contributed by atoms with Gasteiger partial charge in [-0.05, 0) is 56.2 Å². The first-order valence-corrected chi connectivity index (χ1v) is 9.61. The van der Waals surface area contributed by atoms with Crippen molar-refractivity contribution in [3.8, 4) is 5.75 Å². The monoisotopic (exact) mass is 366 g/mol. The van der Waals surface area contributed by atoms with E-state index in [1.807, 2.05) is 25.1 Å². The lowest BCUT2D eigenvalue weighted by Crippen LogP contribution is -2.26. The van der Waals surface area contributed by atoms with Gasteiger partial charge in [0.25, 0.3) is 5.91 Å². The van der Waals surface area contributed by atoms with Gasteiger partial charge in [0.2, 0.25) is 5.91 Å². The highest BCUT2D eigenvalue weighted by atomic mass is 16.5. The van der Waals surface area contributed by atoms with Crippen LogP contribution in [0, 0.1) is 5.92 Å². The summed E-state index contributed by atoms with van der Waals surface area (Å²) in [7, 11) is 0. The number of nitrogens with one attached hydrogen (secondary N) is 2. The molecule has 0 bridgehead atoms. The molecule has 0 radical (unpaired) electrons. The number of hydrogen-bond acceptors (Lipinski definition) is 3. The van der Waals surface area contributed by atoms with Crippen LogP contribution in [0.1, 0.15) is 49.4 Å². The number of anilines is 2. The Kier molecular flexibility index (Phi) is 6.47. The first kappa shape index (κ1) is 19.0. The van der Waals surface area contributed by atoms with Gasteiger partial charge in [0.1, 0.15) is 5.75 Å². The molecule has 0 spiro atoms. The molecule has 0 unspecified atom stereocenters. The molecule has 0 aromatic heterocycles. The number of carbonyl (C=O) groups excluding carboxylic acids is 2. The molecule has 0 heterocycles. The van der Waals surface area contributed by atoms with Crippen molar-refractivity contribution in [2.75, 3.05) is 17.2 Å². The summed E-state index contributed by atoms with van der Waals surface area (Å²) in [5.41, 5.74) is 1.68. The average Bonchev–Trinajstić information content (AvgIpc) is 2.70. The molecule has 1 aliphatic carbocycles. The lowest BCUT2D eigenvalue weighted by atomic mass is 9.88. The lowest BCUT2D eigenvalue weighted by Gasteiger charge is -2.21. The highest BCUT2D eigenvalue weighted by molar-refractivity contribution is 6.10. The molecular formula is C22H26N2O3. The summed E-state index contributed by atoms with van der Waals surface area (Å²) in [6, 6.07) is 14.3. The summed E-state index contributed by atoms with van der Waals surface area (Å²) in [4.78, 5) is 25.3. The van der Waals surface area contributed by atoms with E-state index in [-0.39, 0.29) is 17.7 Å². The Balaban J connectivity index is 1.68. The SMILES string of the molecule is CCOc1ccc(NC(=O)c2ccccc2NC(=O)C2CCCCC2)cc1. The van der Waals surface area contributed by atoms with Crippen LogP contribution >= 0.6 is 0 Å². The number of benzene rings is 2. The Morgan fingerprint density at radius 2 is 1.67 bits per heavy atom. The average molecular weight is 366 g/mol. The fraction of sp³-hybridized carbons (Fsp3) is 0.364. The van der Waals surface area contributed by atoms with Gasteiger partial charge in [0.05, 0.1) is 17.9 Å². The second kappa shape index (κ2) is 9.21. The fourth-order valence-corrected chi connectivity index (χ4v) is 3.39. The van der Waals surface area contributed by atoms with Gasteiger partial charge in [-0.15, -0.1) is 0 Å². The highest BCUT2D eigenvalue weighted by Crippen LogP contribution is 2.26. The standard InChI is InChI=1S/C22H26N2O3/c1-2-27-18-14-12-17(13-15-18)23-22(26)19-10-6-7-11-20(19)24-21(25)16-8-4-3-5-9-16/h6-7,10-16H,2-5,8-9H2,1H3,(H,23,26)(H,24,25). The third-order valence-corrected chi connectivity index (χ3v) is 4.83. The van der Waals surface area contributed by atoms with Crippen LogP contribution in [0.4, 0.5) is 11.4 Å². The van der Waals surface area contributed by atoms with Gasteiger partial charge in [-0.25, -0.2) is 0 Å². The topological polar surface area (TPSA) is 67.4 Å². The molecule has 2 amide bonds. The number of amides is 2. The largest absolute Gasteiger partial charge is 0.494 e. The molecule has 5 nitrogen and oxygen atoms in total. The van der Waals surface area contributed by atoms with Crippen LogP contribution in [0.2, 0.25) is 0 Å². The number of para-hydroxylation sites is 1. The third-order valence-electron chi connectivity index (χ3n) is 4.83. The second-order valence-corrected chi connectivity index (χ2v) is 6.78. The Bertz CT molecular complexity index is 780. The molecule has 142 valence electrons. The molecule has 1 aliphatic rings. The number of carbonyl (C=O) groups is 2. The Morgan fingerprint density at radius 1 is 0.963 bits per heavy atom. The van der Waals surface area contributed by atoms with Crippen molar-refractivity contribution in [1.29, 1.82) is 0 Å². The predicted octanol–water partition coefficient (Wildman–Crippen LogP) is 4.86. The van der Waals surface area contributed by atoms with Crippen LogP contribution in [-0.2, 0) is 4.79 Å². The Morgan fingerprint density at radius 3 is 2.37 bits per heavy atom. The lowest BCUT2D eigenvalue weighted by molar-refractivity contribution is -0.120. The molecule has 0 aliphatic heterocycles. The van der Waals surface area contributed by atoms with E-state index >= 15 is 0 Å². The predicted molar refractivity (Wildman–Crippen MR) is 107 cm³/mol. The van der Waals surface area contributed by atoms with Gasteiger partial charge in [-0.2, -0.15) is 0 Å². The first-order valence-electron chi connectivity index (χ1n) is 9.61. The van der Waals surface area contributed by atoms with E-state index in [0.29, 0.717) is 23.5 Å². The van der Waals surface area contributed by atoms with Crippen LogP contribution in [0.15, 0.2) is 48.5 Å². The van der Waals surface area contributed by atoms with Crippen LogP contribution in [-0.4, -0.2) is 18.4 Å². The van der Waals surface area contributed by atoms with E-state index in [1.54, 1.807) is 30.3 Å². The molecular weight excluding hydrogens is 340 g/mol. The van der Waals surface area contributed by atoms with Crippen LogP contribution in [0.25, 0.3) is 0 Å². The van der Waals surface area contributed by atoms with Gasteiger partial charge in [-0.1, -0.05) is 31.4 Å². The number of ether oxygens (including phenoxy) is 1. The van der Waals surface area contributed by atoms with Gasteiger partial charge in [0, 0.05) is 11.6 Å². The fourth-order valence-electron chi connectivity index (χ4n) is 3.39. The van der Waals surface area contributed by atoms with E-state index in [4.69, 9.17) is 4.74 Å². The summed E-state index contributed by atoms with van der Waals surface area (Å²) in [6.07, 6.45) is 5.24. The molecule has 0 atom stereocenters. The van der Waals surface area contributed by atoms with E-state index in [9.17, 15) is 9.59 Å². The minimum absolute atomic E-state index is 0.0102. The zero-order valence-electron chi connectivity index (χ0n) is 15.7. The Hall–Kier alpha value is -2.82. The molecule has 2 N–H and O–H groups in total. The van der Waals surface area contributed by atoms with Crippen molar-refractivity contribution in [3.63, 3.8) is 0 Å². The zero-order chi connectivity index (χ0) is 19.1. The summed E-state index contributed by atoms with van der Waals surface area (Å²) in [5.74, 6) is 0.561. The van der Waals surface area contributed by atoms with Crippen molar-refractivity contribution in [1.82, 2.24) is 0 Å². The maximum absolute atomic E-state index is 12.7. The second-order valence-electron chi connectivity index (χ2n) is 6.78. The molecule has 2 aromatic carbocycles. The van der Waals surface area contributed by atoms with Crippen LogP contribution in [0.3, 0.4) is 0 Å². The summed E-state index contributed by atoms with van der Waals surface area (Å²) < 4.78 is 5.41. The van der Waals surface area contributed by atoms with E-state index in [1.165, 1.54) is 6.42 Å².